The summed E-state index contributed by atoms with van der Waals surface area (Å²) in [5.74, 6) is -0.120. The summed E-state index contributed by atoms with van der Waals surface area (Å²) in [6, 6.07) is 3.27. The molecule has 4 bridgehead atoms. The number of methoxy groups -OCH3 is 1. The van der Waals surface area contributed by atoms with Gasteiger partial charge >= 0.3 is 6.09 Å². The van der Waals surface area contributed by atoms with Crippen LogP contribution < -0.4 is 25.8 Å². The van der Waals surface area contributed by atoms with E-state index in [4.69, 9.17) is 19.9 Å². The van der Waals surface area contributed by atoms with E-state index in [1.165, 1.54) is 42.3 Å². The van der Waals surface area contributed by atoms with Crippen LogP contribution in [0.15, 0.2) is 12.1 Å². The van der Waals surface area contributed by atoms with Crippen molar-refractivity contribution in [3.8, 4) is 11.5 Å². The lowest BCUT2D eigenvalue weighted by molar-refractivity contribution is -0.952. The van der Waals surface area contributed by atoms with Crippen molar-refractivity contribution in [2.75, 3.05) is 47.4 Å². The van der Waals surface area contributed by atoms with Crippen molar-refractivity contribution in [2.24, 2.45) is 23.0 Å². The van der Waals surface area contributed by atoms with Crippen LogP contribution in [-0.2, 0) is 31.0 Å². The van der Waals surface area contributed by atoms with Gasteiger partial charge in [0.15, 0.2) is 11.5 Å². The number of hydrogen-bond acceptors (Lipinski definition) is 8. The van der Waals surface area contributed by atoms with E-state index < -0.39 is 41.1 Å². The highest BCUT2D eigenvalue weighted by atomic mass is 16.6. The molecule has 3 unspecified atom stereocenters. The van der Waals surface area contributed by atoms with Crippen molar-refractivity contribution in [1.82, 2.24) is 15.5 Å². The van der Waals surface area contributed by atoms with Crippen LogP contribution in [-0.4, -0.2) is 115 Å². The largest absolute Gasteiger partial charge is 0.482 e. The molecule has 8 rings (SSSR count). The molecule has 274 valence electrons. The van der Waals surface area contributed by atoms with Crippen LogP contribution in [0.4, 0.5) is 4.79 Å². The van der Waals surface area contributed by atoms with E-state index in [2.05, 4.69) is 23.7 Å². The number of aliphatic hydroxyl groups is 1. The van der Waals surface area contributed by atoms with Crippen LogP contribution in [0.5, 0.6) is 11.5 Å². The van der Waals surface area contributed by atoms with Crippen LogP contribution in [0, 0.1) is 17.3 Å². The number of rotatable bonds is 12. The van der Waals surface area contributed by atoms with E-state index in [1.54, 1.807) is 14.2 Å². The van der Waals surface area contributed by atoms with Gasteiger partial charge in [-0.3, -0.25) is 14.4 Å². The number of hydrogen-bond donors (Lipinski definition) is 4. The third-order valence-electron chi connectivity index (χ3n) is 13.6. The maximum atomic E-state index is 13.5. The van der Waals surface area contributed by atoms with Crippen molar-refractivity contribution in [2.45, 2.75) is 107 Å². The van der Waals surface area contributed by atoms with Crippen molar-refractivity contribution in [1.29, 1.82) is 0 Å². The minimum atomic E-state index is -1.10. The number of likely N-dealkylation sites (N-methyl/N-ethyl adjacent to an activating group) is 2. The first-order valence-electron chi connectivity index (χ1n) is 18.2. The first kappa shape index (κ1) is 35.0. The third kappa shape index (κ3) is 5.12. The molecule has 4 amide bonds. The summed E-state index contributed by atoms with van der Waals surface area (Å²) in [5, 5.41) is 16.8. The lowest BCUT2D eigenvalue weighted by atomic mass is 9.33. The van der Waals surface area contributed by atoms with E-state index in [0.29, 0.717) is 17.5 Å². The fourth-order valence-electron chi connectivity index (χ4n) is 11.4. The number of primary amides is 1. The minimum Gasteiger partial charge on any atom is -0.482 e. The molecule has 2 heterocycles. The number of nitrogens with one attached hydrogen (secondary N) is 2. The fraction of sp³-hybridized carbons (Fsp3) is 0.730. The zero-order valence-electron chi connectivity index (χ0n) is 30.3. The summed E-state index contributed by atoms with van der Waals surface area (Å²) < 4.78 is 20.8. The summed E-state index contributed by atoms with van der Waals surface area (Å²) in [4.78, 5) is 50.4. The van der Waals surface area contributed by atoms with Crippen molar-refractivity contribution >= 4 is 23.8 Å². The molecule has 0 aromatic heterocycles. The normalized spacial score (nSPS) is 35.0. The molecule has 50 heavy (non-hydrogen) atoms. The second kappa shape index (κ2) is 11.8. The number of nitrogens with zero attached hydrogens (tertiary/aromatic N) is 2. The number of carbonyl (C=O) groups is 4. The zero-order valence-corrected chi connectivity index (χ0v) is 30.3. The van der Waals surface area contributed by atoms with Crippen molar-refractivity contribution in [3.63, 3.8) is 0 Å². The van der Waals surface area contributed by atoms with E-state index in [0.717, 1.165) is 49.0 Å². The Balaban J connectivity index is 1.17. The number of carbonyl (C=O) groups excluding carboxylic acids is 4. The summed E-state index contributed by atoms with van der Waals surface area (Å²) in [6.07, 6.45) is 5.91. The van der Waals surface area contributed by atoms with E-state index in [-0.39, 0.29) is 42.4 Å². The molecule has 5 aliphatic carbocycles. The van der Waals surface area contributed by atoms with Gasteiger partial charge in [0, 0.05) is 69.8 Å². The third-order valence-corrected chi connectivity index (χ3v) is 13.6. The maximum Gasteiger partial charge on any atom is 0.415 e. The van der Waals surface area contributed by atoms with Crippen LogP contribution in [0.1, 0.15) is 76.8 Å². The Morgan fingerprint density at radius 2 is 1.94 bits per heavy atom. The summed E-state index contributed by atoms with van der Waals surface area (Å²) >= 11 is 0. The highest BCUT2D eigenvalue weighted by Gasteiger charge is 2.84. The Labute approximate surface area is 294 Å². The minimum absolute atomic E-state index is 0.0640. The molecule has 1 aromatic rings. The topological polar surface area (TPSA) is 170 Å². The predicted octanol–water partition coefficient (Wildman–Crippen LogP) is 1.75. The van der Waals surface area contributed by atoms with Gasteiger partial charge in [0.2, 0.25) is 17.7 Å². The van der Waals surface area contributed by atoms with Gasteiger partial charge in [-0.2, -0.15) is 0 Å². The number of fused-ring (bicyclic) bond motifs is 2. The van der Waals surface area contributed by atoms with Gasteiger partial charge < -0.3 is 45.1 Å². The Morgan fingerprint density at radius 1 is 1.20 bits per heavy atom. The second-order valence-corrected chi connectivity index (χ2v) is 16.9. The van der Waals surface area contributed by atoms with Gasteiger partial charge in [0.05, 0.1) is 43.6 Å². The number of amides is 4. The standard InChI is InChI=1S/C37H53N5O8/c1-21(43)40-24(18-28(38)44)31(45)39-14-15-41(4)33(46)49-25-10-9-23-17-27-35-11-12-37(48-6,26(19-35)34(2,3)47)32-36(35,29(23)30(25)50-32)13-16-42(27,5)20-22-7-8-22/h9-10,22,24,26-27,32,47H,7-8,11-20H2,1-6H3,(H3-,38,39,40,43,44,45)/p+1/t24-,26?,27?,32+,35+,36-,37+,42?/m0/s1. The van der Waals surface area contributed by atoms with Crippen LogP contribution in [0.2, 0.25) is 0 Å². The molecule has 7 aliphatic rings. The van der Waals surface area contributed by atoms with E-state index in [9.17, 15) is 24.3 Å². The van der Waals surface area contributed by atoms with Gasteiger partial charge in [-0.1, -0.05) is 6.07 Å². The molecule has 1 aromatic carbocycles. The van der Waals surface area contributed by atoms with Gasteiger partial charge in [-0.25, -0.2) is 4.79 Å². The second-order valence-electron chi connectivity index (χ2n) is 16.9. The first-order valence-corrected chi connectivity index (χ1v) is 18.2. The molecule has 2 aliphatic heterocycles. The molecule has 1 saturated heterocycles. The molecule has 13 nitrogen and oxygen atoms in total. The number of piperidine rings is 1. The quantitative estimate of drug-likeness (QED) is 0.240. The Morgan fingerprint density at radius 3 is 2.58 bits per heavy atom. The van der Waals surface area contributed by atoms with Crippen molar-refractivity contribution < 1.29 is 43.0 Å². The molecule has 8 atom stereocenters. The molecular weight excluding hydrogens is 642 g/mol. The molecule has 4 saturated carbocycles. The SMILES string of the molecule is CO[C@]12CC[C@@]3(CC1C(C)(C)O)C1Cc4ccc(OC(=O)N(C)CCNC(=O)[C@H](CC(N)=O)NC(C)=O)c5c4[C@@]3(CC[N+]1(C)CC1CC1)[C@H]2O5. The van der Waals surface area contributed by atoms with E-state index >= 15 is 0 Å². The lowest BCUT2D eigenvalue weighted by Crippen LogP contribution is -2.84. The first-order chi connectivity index (χ1) is 23.5. The molecule has 5 N–H and O–H groups in total. The molecule has 0 radical (unpaired) electrons. The highest BCUT2D eigenvalue weighted by molar-refractivity contribution is 5.91. The van der Waals surface area contributed by atoms with E-state index in [1.807, 2.05) is 19.9 Å². The van der Waals surface area contributed by atoms with Crippen LogP contribution in [0.25, 0.3) is 0 Å². The van der Waals surface area contributed by atoms with Gasteiger partial charge in [0.1, 0.15) is 17.7 Å². The van der Waals surface area contributed by atoms with Crippen molar-refractivity contribution in [3.05, 3.63) is 23.3 Å². The van der Waals surface area contributed by atoms with Gasteiger partial charge in [0.25, 0.3) is 0 Å². The maximum absolute atomic E-state index is 13.5. The average molecular weight is 697 g/mol. The predicted molar refractivity (Wildman–Crippen MR) is 182 cm³/mol. The van der Waals surface area contributed by atoms with Gasteiger partial charge in [-0.05, 0) is 57.6 Å². The molecule has 13 heteroatoms. The van der Waals surface area contributed by atoms with Crippen LogP contribution >= 0.6 is 0 Å². The summed E-state index contributed by atoms with van der Waals surface area (Å²) in [5.41, 5.74) is 5.59. The summed E-state index contributed by atoms with van der Waals surface area (Å²) in [7, 11) is 5.81. The zero-order chi connectivity index (χ0) is 36.0. The van der Waals surface area contributed by atoms with Gasteiger partial charge in [-0.15, -0.1) is 0 Å². The molecule has 5 fully saturated rings. The number of quaternary nitrogens is 1. The Bertz CT molecular complexity index is 1590. The smallest absolute Gasteiger partial charge is 0.415 e. The number of ether oxygens (including phenoxy) is 3. The molecule has 2 spiro atoms. The Kier molecular flexibility index (Phi) is 8.27. The average Bonchev–Trinajstić information content (AvgIpc) is 3.77. The molecular formula is C37H54N5O8+. The number of benzene rings is 1. The summed E-state index contributed by atoms with van der Waals surface area (Å²) in [6.45, 7) is 7.50. The number of nitrogens with two attached hydrogens (primary N) is 1. The lowest BCUT2D eigenvalue weighted by Gasteiger charge is -2.75. The Hall–Kier alpha value is -3.42. The number of likely N-dealkylation sites (tertiary alicyclic amines) is 1. The van der Waals surface area contributed by atoms with Crippen LogP contribution in [0.3, 0.4) is 0 Å². The monoisotopic (exact) mass is 696 g/mol. The highest BCUT2D eigenvalue weighted by Crippen LogP contribution is 2.78. The fourth-order valence-corrected chi connectivity index (χ4v) is 11.4.